The molecule has 16 heavy (non-hydrogen) atoms. The highest BCUT2D eigenvalue weighted by Gasteiger charge is 2.17. The molecule has 5 heteroatoms. The molecule has 0 fully saturated rings. The summed E-state index contributed by atoms with van der Waals surface area (Å²) in [4.78, 5) is 0. The van der Waals surface area contributed by atoms with Gasteiger partial charge in [0.1, 0.15) is 11.8 Å². The highest BCUT2D eigenvalue weighted by molar-refractivity contribution is 6.35. The van der Waals surface area contributed by atoms with Crippen LogP contribution in [0.15, 0.2) is 12.1 Å². The first-order valence-electron chi connectivity index (χ1n) is 4.46. The quantitative estimate of drug-likeness (QED) is 0.702. The lowest BCUT2D eigenvalue weighted by Crippen LogP contribution is -2.00. The van der Waals surface area contributed by atoms with E-state index in [1.165, 1.54) is 10.6 Å². The second-order valence-corrected chi connectivity index (χ2v) is 3.62. The molecule has 1 aromatic heterocycles. The number of nitrogens with zero attached hydrogens (tertiary/aromatic N) is 2. The molecule has 2 aromatic rings. The average Bonchev–Trinajstić information content (AvgIpc) is 2.64. The average molecular weight is 240 g/mol. The number of hydrogen-bond acceptors (Lipinski definition) is 1. The Labute approximate surface area is 95.7 Å². The van der Waals surface area contributed by atoms with Crippen LogP contribution in [0.5, 0.6) is 0 Å². The van der Waals surface area contributed by atoms with E-state index < -0.39 is 11.6 Å². The van der Waals surface area contributed by atoms with Crippen LogP contribution in [-0.2, 0) is 6.54 Å². The third-order valence-electron chi connectivity index (χ3n) is 2.36. The van der Waals surface area contributed by atoms with E-state index in [1.54, 1.807) is 0 Å². The maximum absolute atomic E-state index is 13.6. The van der Waals surface area contributed by atoms with Gasteiger partial charge in [-0.15, -0.1) is 0 Å². The van der Waals surface area contributed by atoms with Crippen LogP contribution in [0.2, 0.25) is 5.02 Å². The number of nitriles is 1. The summed E-state index contributed by atoms with van der Waals surface area (Å²) in [6.07, 6.45) is 0. The van der Waals surface area contributed by atoms with Crippen molar-refractivity contribution >= 4 is 22.5 Å². The maximum atomic E-state index is 13.6. The zero-order chi connectivity index (χ0) is 11.9. The molecule has 1 heterocycles. The normalized spacial score (nSPS) is 10.7. The molecule has 0 unspecified atom stereocenters. The van der Waals surface area contributed by atoms with Crippen molar-refractivity contribution in [2.24, 2.45) is 0 Å². The Morgan fingerprint density at radius 1 is 1.44 bits per heavy atom. The molecular weight excluding hydrogens is 234 g/mol. The van der Waals surface area contributed by atoms with Gasteiger partial charge in [0.15, 0.2) is 11.6 Å². The fourth-order valence-corrected chi connectivity index (χ4v) is 1.90. The minimum atomic E-state index is -1.03. The monoisotopic (exact) mass is 239 g/mol. The van der Waals surface area contributed by atoms with Crippen molar-refractivity contribution in [3.63, 3.8) is 0 Å². The van der Waals surface area contributed by atoms with Crippen molar-refractivity contribution < 1.29 is 8.78 Å². The van der Waals surface area contributed by atoms with Crippen LogP contribution < -0.4 is 0 Å². The second kappa shape index (κ2) is 3.76. The van der Waals surface area contributed by atoms with Crippen LogP contribution >= 0.6 is 11.6 Å². The van der Waals surface area contributed by atoms with Gasteiger partial charge >= 0.3 is 0 Å². The Morgan fingerprint density at radius 3 is 2.69 bits per heavy atom. The minimum absolute atomic E-state index is 0.0171. The van der Waals surface area contributed by atoms with Gasteiger partial charge in [0.05, 0.1) is 10.5 Å². The number of rotatable bonds is 1. The minimum Gasteiger partial charge on any atom is -0.330 e. The van der Waals surface area contributed by atoms with Crippen LogP contribution in [0.25, 0.3) is 10.9 Å². The summed E-state index contributed by atoms with van der Waals surface area (Å²) in [6.45, 7) is 3.70. The van der Waals surface area contributed by atoms with Gasteiger partial charge in [-0.25, -0.2) is 8.78 Å². The van der Waals surface area contributed by atoms with Crippen molar-refractivity contribution in [2.75, 3.05) is 0 Å². The van der Waals surface area contributed by atoms with Crippen molar-refractivity contribution in [2.45, 2.75) is 6.54 Å². The Morgan fingerprint density at radius 2 is 2.12 bits per heavy atom. The molecule has 0 spiro atoms. The van der Waals surface area contributed by atoms with Gasteiger partial charge in [-0.3, -0.25) is 0 Å². The van der Waals surface area contributed by atoms with E-state index in [4.69, 9.17) is 16.9 Å². The molecule has 81 valence electrons. The third kappa shape index (κ3) is 1.36. The first-order valence-corrected chi connectivity index (χ1v) is 4.84. The Kier molecular flexibility index (Phi) is 2.56. The van der Waals surface area contributed by atoms with E-state index in [0.717, 1.165) is 6.07 Å². The van der Waals surface area contributed by atoms with Gasteiger partial charge in [0, 0.05) is 11.9 Å². The van der Waals surface area contributed by atoms with Crippen LogP contribution in [0, 0.1) is 29.9 Å². The number of benzene rings is 1. The Bertz CT molecular complexity index is 611. The van der Waals surface area contributed by atoms with Gasteiger partial charge in [0.2, 0.25) is 0 Å². The molecule has 2 rings (SSSR count). The SMILES string of the molecule is [CH2]Cn1c(C#N)cc2c(Cl)cc(F)c(F)c21. The summed E-state index contributed by atoms with van der Waals surface area (Å²) < 4.78 is 28.0. The standard InChI is InChI=1S/C11H6ClF2N2/c1-2-16-6(5-15)3-7-8(12)4-9(13)10(14)11(7)16/h3-4H,1-2H2. The van der Waals surface area contributed by atoms with Crippen molar-refractivity contribution in [1.82, 2.24) is 4.57 Å². The predicted molar refractivity (Wildman–Crippen MR) is 56.9 cm³/mol. The van der Waals surface area contributed by atoms with Crippen LogP contribution in [-0.4, -0.2) is 4.57 Å². The predicted octanol–water partition coefficient (Wildman–Crippen LogP) is 3.28. The third-order valence-corrected chi connectivity index (χ3v) is 2.68. The lowest BCUT2D eigenvalue weighted by Gasteiger charge is -2.04. The smallest absolute Gasteiger partial charge is 0.183 e. The summed E-state index contributed by atoms with van der Waals surface area (Å²) >= 11 is 5.78. The molecule has 0 saturated carbocycles. The second-order valence-electron chi connectivity index (χ2n) is 3.21. The van der Waals surface area contributed by atoms with E-state index in [0.29, 0.717) is 5.39 Å². The number of halogens is 3. The molecule has 1 radical (unpaired) electrons. The Hall–Kier alpha value is -1.60. The maximum Gasteiger partial charge on any atom is 0.183 e. The molecule has 0 aliphatic carbocycles. The molecule has 0 aliphatic rings. The van der Waals surface area contributed by atoms with Crippen LogP contribution in [0.4, 0.5) is 8.78 Å². The molecule has 0 aliphatic heterocycles. The van der Waals surface area contributed by atoms with Gasteiger partial charge in [-0.1, -0.05) is 11.6 Å². The first-order chi connectivity index (χ1) is 7.60. The summed E-state index contributed by atoms with van der Waals surface area (Å²) in [5, 5.41) is 9.25. The van der Waals surface area contributed by atoms with Gasteiger partial charge < -0.3 is 4.57 Å². The highest BCUT2D eigenvalue weighted by atomic mass is 35.5. The summed E-state index contributed by atoms with van der Waals surface area (Å²) in [5.41, 5.74) is 0.188. The zero-order valence-electron chi connectivity index (χ0n) is 8.10. The number of fused-ring (bicyclic) bond motifs is 1. The van der Waals surface area contributed by atoms with Crippen molar-refractivity contribution in [3.05, 3.63) is 41.4 Å². The van der Waals surface area contributed by atoms with E-state index in [2.05, 4.69) is 6.92 Å². The summed E-state index contributed by atoms with van der Waals surface area (Å²) in [7, 11) is 0. The number of hydrogen-bond donors (Lipinski definition) is 0. The topological polar surface area (TPSA) is 28.7 Å². The van der Waals surface area contributed by atoms with Crippen molar-refractivity contribution in [3.8, 4) is 6.07 Å². The molecule has 0 bridgehead atoms. The number of aromatic nitrogens is 1. The van der Waals surface area contributed by atoms with E-state index >= 15 is 0 Å². The van der Waals surface area contributed by atoms with E-state index in [1.807, 2.05) is 6.07 Å². The highest BCUT2D eigenvalue weighted by Crippen LogP contribution is 2.30. The van der Waals surface area contributed by atoms with Gasteiger partial charge in [-0.2, -0.15) is 5.26 Å². The Balaban J connectivity index is 3.00. The molecule has 0 amide bonds. The fourth-order valence-electron chi connectivity index (χ4n) is 1.66. The lowest BCUT2D eigenvalue weighted by molar-refractivity contribution is 0.512. The van der Waals surface area contributed by atoms with Crippen LogP contribution in [0.1, 0.15) is 5.69 Å². The molecule has 1 aromatic carbocycles. The fraction of sp³-hybridized carbons (Fsp3) is 0.0909. The molecule has 0 saturated heterocycles. The first kappa shape index (κ1) is 10.9. The molecular formula is C11H6ClF2N2. The molecule has 2 nitrogen and oxygen atoms in total. The lowest BCUT2D eigenvalue weighted by atomic mass is 10.2. The van der Waals surface area contributed by atoms with E-state index in [-0.39, 0.29) is 22.8 Å². The molecule has 0 N–H and O–H groups in total. The van der Waals surface area contributed by atoms with Gasteiger partial charge in [-0.05, 0) is 19.1 Å². The van der Waals surface area contributed by atoms with E-state index in [9.17, 15) is 8.78 Å². The summed E-state index contributed by atoms with van der Waals surface area (Å²) in [6, 6.07) is 4.20. The van der Waals surface area contributed by atoms with Crippen molar-refractivity contribution in [1.29, 1.82) is 5.26 Å². The van der Waals surface area contributed by atoms with Gasteiger partial charge in [0.25, 0.3) is 0 Å². The summed E-state index contributed by atoms with van der Waals surface area (Å²) in [5.74, 6) is -2.04. The zero-order valence-corrected chi connectivity index (χ0v) is 8.85. The van der Waals surface area contributed by atoms with Crippen LogP contribution in [0.3, 0.4) is 0 Å². The molecule has 0 atom stereocenters. The largest absolute Gasteiger partial charge is 0.330 e.